The summed E-state index contributed by atoms with van der Waals surface area (Å²) in [5.74, 6) is -0.432. The summed E-state index contributed by atoms with van der Waals surface area (Å²) in [6.07, 6.45) is 2.70. The molecule has 0 fully saturated rings. The summed E-state index contributed by atoms with van der Waals surface area (Å²) in [4.78, 5) is 23.0. The first kappa shape index (κ1) is 22.2. The summed E-state index contributed by atoms with van der Waals surface area (Å²) in [6, 6.07) is 10.8. The average molecular weight is 438 g/mol. The predicted molar refractivity (Wildman–Crippen MR) is 105 cm³/mol. The molecule has 1 heterocycles. The second kappa shape index (κ2) is 8.92. The van der Waals surface area contributed by atoms with Crippen LogP contribution in [0.25, 0.3) is 5.69 Å². The molecule has 0 unspecified atom stereocenters. The van der Waals surface area contributed by atoms with Gasteiger partial charge in [0.1, 0.15) is 4.90 Å². The van der Waals surface area contributed by atoms with Gasteiger partial charge in [-0.3, -0.25) is 4.79 Å². The maximum atomic E-state index is 12.3. The van der Waals surface area contributed by atoms with Crippen molar-refractivity contribution < 1.29 is 23.9 Å². The van der Waals surface area contributed by atoms with Crippen molar-refractivity contribution in [3.05, 3.63) is 70.4 Å². The third-order valence-electron chi connectivity index (χ3n) is 3.83. The minimum atomic E-state index is -4.11. The molecule has 3 rings (SSSR count). The Morgan fingerprint density at radius 1 is 1.24 bits per heavy atom. The third-order valence-corrected chi connectivity index (χ3v) is 4.96. The van der Waals surface area contributed by atoms with Crippen molar-refractivity contribution in [3.63, 3.8) is 0 Å². The molecule has 152 valence electrons. The van der Waals surface area contributed by atoms with Crippen molar-refractivity contribution in [2.24, 2.45) is 5.14 Å². The molecule has 0 spiro atoms. The molecule has 0 atom stereocenters. The summed E-state index contributed by atoms with van der Waals surface area (Å²) in [5, 5.41) is 14.0. The summed E-state index contributed by atoms with van der Waals surface area (Å²) >= 11 is 5.83. The molecule has 0 saturated heterocycles. The fraction of sp³-hybridized carbons (Fsp3) is 0.0588. The van der Waals surface area contributed by atoms with E-state index < -0.39 is 15.9 Å². The van der Waals surface area contributed by atoms with Gasteiger partial charge in [0.25, 0.3) is 5.69 Å². The Bertz CT molecular complexity index is 1160. The van der Waals surface area contributed by atoms with Gasteiger partial charge in [0.2, 0.25) is 15.9 Å². The number of hydrogen-bond donors (Lipinski definition) is 3. The Labute approximate surface area is 170 Å². The SMILES string of the molecule is NS(=O)(=O)c1cc(NC(=O)Cc2ccccc2[NH+]=O)ccc1-n1cc(Cl)cn1.[OH-]. The van der Waals surface area contributed by atoms with Gasteiger partial charge < -0.3 is 10.8 Å². The van der Waals surface area contributed by atoms with Crippen molar-refractivity contribution in [2.45, 2.75) is 11.3 Å². The Morgan fingerprint density at radius 3 is 2.59 bits per heavy atom. The number of nitrogens with two attached hydrogens (primary N) is 1. The van der Waals surface area contributed by atoms with E-state index in [9.17, 15) is 18.1 Å². The first-order valence-corrected chi connectivity index (χ1v) is 9.83. The number of rotatable bonds is 6. The normalized spacial score (nSPS) is 10.8. The van der Waals surface area contributed by atoms with E-state index in [0.29, 0.717) is 10.6 Å². The number of benzene rings is 2. The van der Waals surface area contributed by atoms with Gasteiger partial charge >= 0.3 is 0 Å². The molecule has 10 nitrogen and oxygen atoms in total. The first-order chi connectivity index (χ1) is 13.3. The number of amides is 1. The Balaban J connectivity index is 0.00000300. The van der Waals surface area contributed by atoms with Crippen LogP contribution in [0.2, 0.25) is 5.02 Å². The number of carbonyl (C=O) groups is 1. The highest BCUT2D eigenvalue weighted by atomic mass is 35.5. The molecule has 1 aromatic heterocycles. The van der Waals surface area contributed by atoms with E-state index >= 15 is 0 Å². The summed E-state index contributed by atoms with van der Waals surface area (Å²) in [5.41, 5.74) is 1.20. The molecule has 0 bridgehead atoms. The molecule has 0 aliphatic heterocycles. The van der Waals surface area contributed by atoms with Crippen LogP contribution >= 0.6 is 11.6 Å². The van der Waals surface area contributed by atoms with Gasteiger partial charge in [0.05, 0.1) is 23.3 Å². The molecule has 0 aliphatic rings. The molecule has 12 heteroatoms. The van der Waals surface area contributed by atoms with E-state index in [1.54, 1.807) is 29.4 Å². The zero-order valence-corrected chi connectivity index (χ0v) is 16.3. The number of anilines is 1. The largest absolute Gasteiger partial charge is 0.870 e. The number of nitroso groups, excluding NO2 is 1. The molecule has 2 aromatic carbocycles. The topological polar surface area (TPSA) is 168 Å². The van der Waals surface area contributed by atoms with Crippen LogP contribution in [-0.2, 0) is 21.2 Å². The number of nitrogens with zero attached hydrogens (tertiary/aromatic N) is 2. The van der Waals surface area contributed by atoms with Crippen LogP contribution in [0, 0.1) is 4.91 Å². The molecule has 29 heavy (non-hydrogen) atoms. The van der Waals surface area contributed by atoms with Gasteiger partial charge in [-0.25, -0.2) is 18.2 Å². The van der Waals surface area contributed by atoms with Gasteiger partial charge in [-0.05, 0) is 18.2 Å². The summed E-state index contributed by atoms with van der Waals surface area (Å²) < 4.78 is 25.3. The number of primary sulfonamides is 1. The van der Waals surface area contributed by atoms with Crippen molar-refractivity contribution in [3.8, 4) is 5.69 Å². The van der Waals surface area contributed by atoms with Crippen LogP contribution in [0.5, 0.6) is 0 Å². The first-order valence-electron chi connectivity index (χ1n) is 7.91. The zero-order chi connectivity index (χ0) is 20.3. The Morgan fingerprint density at radius 2 is 1.97 bits per heavy atom. The standard InChI is InChI=1S/C17H14ClN5O4S.H2O/c18-12-9-20-23(10-12)15-6-5-13(8-16(15)28(19,26)27)21-17(24)7-11-3-1-2-4-14(11)22-25;/h1-6,8-10H,7H2,(H,21,24)(H2,19,26,27);1H2. The lowest BCUT2D eigenvalue weighted by Gasteiger charge is -2.11. The van der Waals surface area contributed by atoms with Crippen molar-refractivity contribution >= 4 is 38.9 Å². The lowest BCUT2D eigenvalue weighted by Crippen LogP contribution is -2.56. The van der Waals surface area contributed by atoms with Crippen molar-refractivity contribution in [1.82, 2.24) is 9.78 Å². The second-order valence-electron chi connectivity index (χ2n) is 5.81. The smallest absolute Gasteiger partial charge is 0.257 e. The molecular weight excluding hydrogens is 422 g/mol. The fourth-order valence-electron chi connectivity index (χ4n) is 2.59. The van der Waals surface area contributed by atoms with E-state index in [0.717, 1.165) is 0 Å². The highest BCUT2D eigenvalue weighted by molar-refractivity contribution is 7.89. The molecule has 5 N–H and O–H groups in total. The van der Waals surface area contributed by atoms with E-state index in [2.05, 4.69) is 10.4 Å². The van der Waals surface area contributed by atoms with Gasteiger partial charge in [-0.2, -0.15) is 5.10 Å². The molecule has 0 radical (unpaired) electrons. The van der Waals surface area contributed by atoms with Gasteiger partial charge in [0.15, 0.2) is 0 Å². The fourth-order valence-corrected chi connectivity index (χ4v) is 3.47. The number of carbonyl (C=O) groups excluding carboxylic acids is 1. The van der Waals surface area contributed by atoms with E-state index in [-0.39, 0.29) is 33.9 Å². The molecule has 0 aliphatic carbocycles. The number of sulfonamides is 1. The molecular formula is C17H16ClN5O5S. The lowest BCUT2D eigenvalue weighted by atomic mass is 10.1. The van der Waals surface area contributed by atoms with Crippen LogP contribution in [0.4, 0.5) is 11.4 Å². The average Bonchev–Trinajstić information content (AvgIpc) is 3.07. The summed E-state index contributed by atoms with van der Waals surface area (Å²) in [7, 11) is -4.11. The summed E-state index contributed by atoms with van der Waals surface area (Å²) in [6.45, 7) is 0. The van der Waals surface area contributed by atoms with Crippen LogP contribution in [0.1, 0.15) is 5.56 Å². The second-order valence-corrected chi connectivity index (χ2v) is 7.78. The van der Waals surface area contributed by atoms with Crippen molar-refractivity contribution in [1.29, 1.82) is 0 Å². The monoisotopic (exact) mass is 437 g/mol. The number of nitrogens with one attached hydrogen (secondary N) is 2. The maximum absolute atomic E-state index is 12.3. The molecule has 1 amide bonds. The van der Waals surface area contributed by atoms with Gasteiger partial charge in [0, 0.05) is 33.6 Å². The zero-order valence-electron chi connectivity index (χ0n) is 14.7. The van der Waals surface area contributed by atoms with Crippen LogP contribution in [0.3, 0.4) is 0 Å². The van der Waals surface area contributed by atoms with Gasteiger partial charge in [-0.15, -0.1) is 0 Å². The highest BCUT2D eigenvalue weighted by Crippen LogP contribution is 2.24. The number of hydrogen-bond acceptors (Lipinski definition) is 6. The van der Waals surface area contributed by atoms with E-state index in [1.165, 1.54) is 35.3 Å². The third kappa shape index (κ3) is 5.23. The quantitative estimate of drug-likeness (QED) is 0.511. The van der Waals surface area contributed by atoms with Crippen LogP contribution in [-0.4, -0.2) is 29.6 Å². The maximum Gasteiger partial charge on any atom is 0.257 e. The highest BCUT2D eigenvalue weighted by Gasteiger charge is 2.18. The van der Waals surface area contributed by atoms with E-state index in [4.69, 9.17) is 16.7 Å². The number of halogens is 1. The Kier molecular flexibility index (Phi) is 6.82. The number of aromatic nitrogens is 2. The van der Waals surface area contributed by atoms with Crippen LogP contribution in [0.15, 0.2) is 59.8 Å². The minimum absolute atomic E-state index is 0. The number of para-hydroxylation sites is 1. The minimum Gasteiger partial charge on any atom is -0.870 e. The molecule has 3 aromatic rings. The van der Waals surface area contributed by atoms with E-state index in [1.807, 2.05) is 0 Å². The van der Waals surface area contributed by atoms with Crippen molar-refractivity contribution in [2.75, 3.05) is 5.32 Å². The Hall–Kier alpha value is -3.12. The lowest BCUT2D eigenvalue weighted by molar-refractivity contribution is -0.380. The molecule has 0 saturated carbocycles. The van der Waals surface area contributed by atoms with Crippen LogP contribution < -0.4 is 15.6 Å². The van der Waals surface area contributed by atoms with Gasteiger partial charge in [-0.1, -0.05) is 29.8 Å². The predicted octanol–water partition coefficient (Wildman–Crippen LogP) is 0.656.